The van der Waals surface area contributed by atoms with E-state index in [1.54, 1.807) is 6.92 Å². The van der Waals surface area contributed by atoms with Gasteiger partial charge in [0.25, 0.3) is 5.91 Å². The molecule has 0 radical (unpaired) electrons. The second kappa shape index (κ2) is 5.71. The minimum atomic E-state index is -0.919. The number of thiophene rings is 1. The fourth-order valence-corrected chi connectivity index (χ4v) is 2.39. The van der Waals surface area contributed by atoms with E-state index in [1.165, 1.54) is 11.3 Å². The van der Waals surface area contributed by atoms with Crippen LogP contribution < -0.4 is 5.32 Å². The van der Waals surface area contributed by atoms with Crippen LogP contribution in [-0.2, 0) is 4.79 Å². The number of carbonyl (C=O) groups excluding carboxylic acids is 1. The number of carbonyl (C=O) groups is 2. The van der Waals surface area contributed by atoms with E-state index >= 15 is 0 Å². The van der Waals surface area contributed by atoms with Crippen LogP contribution in [0.1, 0.15) is 16.6 Å². The molecule has 0 aliphatic heterocycles. The number of carboxylic acid groups (broad SMARTS) is 1. The second-order valence-electron chi connectivity index (χ2n) is 4.17. The molecule has 0 bridgehead atoms. The molecule has 0 saturated carbocycles. The van der Waals surface area contributed by atoms with Crippen molar-refractivity contribution in [1.29, 1.82) is 0 Å². The number of aromatic nitrogens is 1. The van der Waals surface area contributed by atoms with Crippen LogP contribution in [-0.4, -0.2) is 28.1 Å². The predicted octanol–water partition coefficient (Wildman–Crippen LogP) is 1.99. The summed E-state index contributed by atoms with van der Waals surface area (Å²) in [6.45, 7) is 1.68. The quantitative estimate of drug-likeness (QED) is 0.878. The van der Waals surface area contributed by atoms with E-state index in [0.29, 0.717) is 4.88 Å². The van der Waals surface area contributed by atoms with Gasteiger partial charge in [0, 0.05) is 18.9 Å². The van der Waals surface area contributed by atoms with Gasteiger partial charge in [-0.05, 0) is 23.6 Å². The summed E-state index contributed by atoms with van der Waals surface area (Å²) in [6.07, 6.45) is 3.72. The molecule has 1 unspecified atom stereocenters. The summed E-state index contributed by atoms with van der Waals surface area (Å²) >= 11 is 1.34. The molecular formula is C13H14N2O3S. The maximum Gasteiger partial charge on any atom is 0.308 e. The number of nitrogens with one attached hydrogen (secondary N) is 1. The zero-order chi connectivity index (χ0) is 13.8. The molecule has 0 fully saturated rings. The highest BCUT2D eigenvalue weighted by molar-refractivity contribution is 7.12. The third-order valence-electron chi connectivity index (χ3n) is 2.72. The summed E-state index contributed by atoms with van der Waals surface area (Å²) < 4.78 is 1.85. The van der Waals surface area contributed by atoms with Gasteiger partial charge >= 0.3 is 5.97 Å². The van der Waals surface area contributed by atoms with Gasteiger partial charge in [-0.15, -0.1) is 11.3 Å². The molecule has 1 amide bonds. The summed E-state index contributed by atoms with van der Waals surface area (Å²) in [7, 11) is 0. The number of hydrogen-bond acceptors (Lipinski definition) is 3. The highest BCUT2D eigenvalue weighted by atomic mass is 32.1. The van der Waals surface area contributed by atoms with Crippen molar-refractivity contribution in [3.05, 3.63) is 40.8 Å². The lowest BCUT2D eigenvalue weighted by Crippen LogP contribution is -2.31. The van der Waals surface area contributed by atoms with E-state index in [2.05, 4.69) is 5.32 Å². The Morgan fingerprint density at radius 2 is 2.11 bits per heavy atom. The van der Waals surface area contributed by atoms with Gasteiger partial charge in [-0.25, -0.2) is 0 Å². The molecule has 2 aromatic rings. The maximum absolute atomic E-state index is 12.0. The number of hydrogen-bond donors (Lipinski definition) is 2. The Kier molecular flexibility index (Phi) is 4.01. The highest BCUT2D eigenvalue weighted by Crippen LogP contribution is 2.21. The molecule has 100 valence electrons. The molecule has 0 aliphatic rings. The third-order valence-corrected chi connectivity index (χ3v) is 3.63. The number of carboxylic acids is 1. The Morgan fingerprint density at radius 3 is 2.74 bits per heavy atom. The SMILES string of the molecule is CC(CNC(=O)c1sccc1-n1cccc1)C(=O)O. The van der Waals surface area contributed by atoms with Crippen molar-refractivity contribution in [2.24, 2.45) is 5.92 Å². The summed E-state index contributed by atoms with van der Waals surface area (Å²) in [5.74, 6) is -1.76. The Morgan fingerprint density at radius 1 is 1.42 bits per heavy atom. The Hall–Kier alpha value is -2.08. The number of nitrogens with zero attached hydrogens (tertiary/aromatic N) is 1. The summed E-state index contributed by atoms with van der Waals surface area (Å²) in [5, 5.41) is 13.3. The van der Waals surface area contributed by atoms with Gasteiger partial charge in [0.1, 0.15) is 4.88 Å². The first kappa shape index (κ1) is 13.4. The van der Waals surface area contributed by atoms with Crippen molar-refractivity contribution < 1.29 is 14.7 Å². The van der Waals surface area contributed by atoms with E-state index in [-0.39, 0.29) is 12.5 Å². The zero-order valence-electron chi connectivity index (χ0n) is 10.4. The van der Waals surface area contributed by atoms with Crippen molar-refractivity contribution >= 4 is 23.2 Å². The number of aliphatic carboxylic acids is 1. The average Bonchev–Trinajstić information content (AvgIpc) is 3.04. The zero-order valence-corrected chi connectivity index (χ0v) is 11.2. The molecule has 0 aromatic carbocycles. The van der Waals surface area contributed by atoms with E-state index in [9.17, 15) is 9.59 Å². The van der Waals surface area contributed by atoms with Crippen LogP contribution in [0.4, 0.5) is 0 Å². The first-order chi connectivity index (χ1) is 9.09. The van der Waals surface area contributed by atoms with Crippen molar-refractivity contribution in [1.82, 2.24) is 9.88 Å². The summed E-state index contributed by atoms with van der Waals surface area (Å²) in [4.78, 5) is 23.3. The van der Waals surface area contributed by atoms with Crippen LogP contribution >= 0.6 is 11.3 Å². The van der Waals surface area contributed by atoms with Crippen LogP contribution in [0.5, 0.6) is 0 Å². The molecule has 0 aliphatic carbocycles. The molecule has 2 N–H and O–H groups in total. The van der Waals surface area contributed by atoms with Gasteiger partial charge in [0.05, 0.1) is 11.6 Å². The van der Waals surface area contributed by atoms with Crippen LogP contribution in [0.25, 0.3) is 5.69 Å². The fraction of sp³-hybridized carbons (Fsp3) is 0.231. The lowest BCUT2D eigenvalue weighted by Gasteiger charge is -2.09. The third kappa shape index (κ3) is 3.03. The molecule has 2 aromatic heterocycles. The van der Waals surface area contributed by atoms with Gasteiger partial charge in [-0.1, -0.05) is 6.92 Å². The van der Waals surface area contributed by atoms with Crippen molar-refractivity contribution in [3.63, 3.8) is 0 Å². The van der Waals surface area contributed by atoms with Crippen molar-refractivity contribution in [3.8, 4) is 5.69 Å². The topological polar surface area (TPSA) is 71.3 Å². The molecule has 0 saturated heterocycles. The number of amides is 1. The van der Waals surface area contributed by atoms with Crippen molar-refractivity contribution in [2.75, 3.05) is 6.54 Å². The Labute approximate surface area is 114 Å². The van der Waals surface area contributed by atoms with Crippen LogP contribution in [0, 0.1) is 5.92 Å². The number of rotatable bonds is 5. The molecule has 2 rings (SSSR count). The first-order valence-electron chi connectivity index (χ1n) is 5.81. The Bertz CT molecular complexity index is 574. The molecule has 2 heterocycles. The highest BCUT2D eigenvalue weighted by Gasteiger charge is 2.17. The normalized spacial score (nSPS) is 12.1. The smallest absolute Gasteiger partial charge is 0.308 e. The largest absolute Gasteiger partial charge is 0.481 e. The monoisotopic (exact) mass is 278 g/mol. The van der Waals surface area contributed by atoms with Crippen LogP contribution in [0.2, 0.25) is 0 Å². The van der Waals surface area contributed by atoms with Gasteiger partial charge in [0.2, 0.25) is 0 Å². The lowest BCUT2D eigenvalue weighted by molar-refractivity contribution is -0.140. The fourth-order valence-electron chi connectivity index (χ4n) is 1.58. The minimum Gasteiger partial charge on any atom is -0.481 e. The van der Waals surface area contributed by atoms with E-state index in [4.69, 9.17) is 5.11 Å². The first-order valence-corrected chi connectivity index (χ1v) is 6.69. The van der Waals surface area contributed by atoms with Gasteiger partial charge in [0.15, 0.2) is 0 Å². The molecule has 19 heavy (non-hydrogen) atoms. The van der Waals surface area contributed by atoms with Crippen LogP contribution in [0.15, 0.2) is 36.0 Å². The van der Waals surface area contributed by atoms with E-state index in [0.717, 1.165) is 5.69 Å². The molecule has 1 atom stereocenters. The average molecular weight is 278 g/mol. The molecule has 0 spiro atoms. The maximum atomic E-state index is 12.0. The minimum absolute atomic E-state index is 0.122. The molecule has 5 nitrogen and oxygen atoms in total. The van der Waals surface area contributed by atoms with Gasteiger partial charge in [-0.3, -0.25) is 9.59 Å². The van der Waals surface area contributed by atoms with Gasteiger partial charge in [-0.2, -0.15) is 0 Å². The van der Waals surface area contributed by atoms with E-state index < -0.39 is 11.9 Å². The standard InChI is InChI=1S/C13H14N2O3S/c1-9(13(17)18)8-14-12(16)11-10(4-7-19-11)15-5-2-3-6-15/h2-7,9H,8H2,1H3,(H,14,16)(H,17,18). The summed E-state index contributed by atoms with van der Waals surface area (Å²) in [5.41, 5.74) is 0.801. The Balaban J connectivity index is 2.08. The second-order valence-corrected chi connectivity index (χ2v) is 5.09. The lowest BCUT2D eigenvalue weighted by atomic mass is 10.2. The van der Waals surface area contributed by atoms with Crippen molar-refractivity contribution in [2.45, 2.75) is 6.92 Å². The predicted molar refractivity (Wildman–Crippen MR) is 72.8 cm³/mol. The van der Waals surface area contributed by atoms with Crippen LogP contribution in [0.3, 0.4) is 0 Å². The van der Waals surface area contributed by atoms with Gasteiger partial charge < -0.3 is 15.0 Å². The molecule has 6 heteroatoms. The summed E-state index contributed by atoms with van der Waals surface area (Å²) in [6, 6.07) is 5.62. The molecular weight excluding hydrogens is 264 g/mol. The van der Waals surface area contributed by atoms with E-state index in [1.807, 2.05) is 40.5 Å².